The van der Waals surface area contributed by atoms with E-state index < -0.39 is 11.7 Å². The summed E-state index contributed by atoms with van der Waals surface area (Å²) in [6.45, 7) is 5.91. The summed E-state index contributed by atoms with van der Waals surface area (Å²) in [5, 5.41) is 3.75. The van der Waals surface area contributed by atoms with E-state index in [1.165, 1.54) is 0 Å². The van der Waals surface area contributed by atoms with E-state index in [1.54, 1.807) is 20.4 Å². The van der Waals surface area contributed by atoms with Gasteiger partial charge in [-0.15, -0.1) is 0 Å². The number of alkyl carbamates (subject to hydrolysis) is 1. The maximum absolute atomic E-state index is 11.8. The Balaban J connectivity index is 1.83. The Morgan fingerprint density at radius 3 is 2.28 bits per heavy atom. The van der Waals surface area contributed by atoms with Crippen LogP contribution in [0.25, 0.3) is 22.0 Å². The monoisotopic (exact) mass is 394 g/mol. The molecule has 0 fully saturated rings. The SMILES string of the molecule is COc1cc2nccc(-c3ccc(CNC(=O)OC(C)(C)C)cc3)c2cc1OC. The molecule has 2 aromatic carbocycles. The summed E-state index contributed by atoms with van der Waals surface area (Å²) in [6.07, 6.45) is 1.35. The zero-order chi connectivity index (χ0) is 21.0. The summed E-state index contributed by atoms with van der Waals surface area (Å²) in [5.41, 5.74) is 3.39. The number of pyridine rings is 1. The largest absolute Gasteiger partial charge is 0.493 e. The molecule has 3 aromatic rings. The van der Waals surface area contributed by atoms with Gasteiger partial charge in [-0.2, -0.15) is 0 Å². The number of nitrogens with zero attached hydrogens (tertiary/aromatic N) is 1. The molecule has 0 radical (unpaired) electrons. The van der Waals surface area contributed by atoms with Gasteiger partial charge in [-0.1, -0.05) is 24.3 Å². The molecule has 0 saturated carbocycles. The van der Waals surface area contributed by atoms with E-state index in [9.17, 15) is 4.79 Å². The normalized spacial score (nSPS) is 11.2. The summed E-state index contributed by atoms with van der Waals surface area (Å²) in [5.74, 6) is 1.31. The number of aromatic nitrogens is 1. The van der Waals surface area contributed by atoms with Gasteiger partial charge in [-0.3, -0.25) is 4.98 Å². The highest BCUT2D eigenvalue weighted by molar-refractivity contribution is 5.96. The molecule has 0 aliphatic rings. The van der Waals surface area contributed by atoms with Crippen LogP contribution in [-0.2, 0) is 11.3 Å². The molecular formula is C23H26N2O4. The van der Waals surface area contributed by atoms with E-state index in [4.69, 9.17) is 14.2 Å². The van der Waals surface area contributed by atoms with Crippen LogP contribution in [0.2, 0.25) is 0 Å². The Bertz CT molecular complexity index is 1010. The van der Waals surface area contributed by atoms with Crippen molar-refractivity contribution in [1.29, 1.82) is 0 Å². The maximum atomic E-state index is 11.8. The summed E-state index contributed by atoms with van der Waals surface area (Å²) >= 11 is 0. The Morgan fingerprint density at radius 1 is 1.00 bits per heavy atom. The number of rotatable bonds is 5. The number of carbonyl (C=O) groups excluding carboxylic acids is 1. The van der Waals surface area contributed by atoms with E-state index in [1.807, 2.05) is 63.2 Å². The van der Waals surface area contributed by atoms with E-state index in [0.717, 1.165) is 27.6 Å². The number of fused-ring (bicyclic) bond motifs is 1. The first kappa shape index (κ1) is 20.5. The maximum Gasteiger partial charge on any atom is 0.407 e. The quantitative estimate of drug-likeness (QED) is 0.663. The first-order valence-corrected chi connectivity index (χ1v) is 9.37. The van der Waals surface area contributed by atoms with E-state index >= 15 is 0 Å². The summed E-state index contributed by atoms with van der Waals surface area (Å²) < 4.78 is 16.1. The lowest BCUT2D eigenvalue weighted by Gasteiger charge is -2.19. The smallest absolute Gasteiger partial charge is 0.407 e. The molecule has 6 heteroatoms. The van der Waals surface area contributed by atoms with Crippen LogP contribution in [0.15, 0.2) is 48.7 Å². The van der Waals surface area contributed by atoms with Gasteiger partial charge >= 0.3 is 6.09 Å². The number of amides is 1. The standard InChI is InChI=1S/C23H26N2O4/c1-23(2,3)29-22(26)25-14-15-6-8-16(9-7-15)17-10-11-24-19-13-21(28-5)20(27-4)12-18(17)19/h6-13H,14H2,1-5H3,(H,25,26). The molecule has 0 saturated heterocycles. The highest BCUT2D eigenvalue weighted by Crippen LogP contribution is 2.36. The van der Waals surface area contributed by atoms with Gasteiger partial charge in [0.05, 0.1) is 19.7 Å². The third kappa shape index (κ3) is 4.96. The number of ether oxygens (including phenoxy) is 3. The van der Waals surface area contributed by atoms with E-state index in [-0.39, 0.29) is 0 Å². The first-order chi connectivity index (χ1) is 13.8. The second-order valence-electron chi connectivity index (χ2n) is 7.64. The van der Waals surface area contributed by atoms with Crippen LogP contribution < -0.4 is 14.8 Å². The van der Waals surface area contributed by atoms with Crippen LogP contribution >= 0.6 is 0 Å². The molecule has 152 valence electrons. The van der Waals surface area contributed by atoms with Crippen LogP contribution in [0.3, 0.4) is 0 Å². The molecule has 1 heterocycles. The van der Waals surface area contributed by atoms with Crippen molar-refractivity contribution < 1.29 is 19.0 Å². The Hall–Kier alpha value is -3.28. The first-order valence-electron chi connectivity index (χ1n) is 9.37. The van der Waals surface area contributed by atoms with Crippen molar-refractivity contribution in [1.82, 2.24) is 10.3 Å². The average molecular weight is 394 g/mol. The minimum absolute atomic E-state index is 0.400. The minimum atomic E-state index is -0.514. The van der Waals surface area contributed by atoms with Gasteiger partial charge in [-0.25, -0.2) is 4.79 Å². The highest BCUT2D eigenvalue weighted by Gasteiger charge is 2.16. The molecule has 0 bridgehead atoms. The van der Waals surface area contributed by atoms with Crippen molar-refractivity contribution in [2.45, 2.75) is 32.9 Å². The van der Waals surface area contributed by atoms with Gasteiger partial charge in [0.2, 0.25) is 0 Å². The number of hydrogen-bond donors (Lipinski definition) is 1. The third-order valence-electron chi connectivity index (χ3n) is 4.35. The zero-order valence-corrected chi connectivity index (χ0v) is 17.4. The predicted octanol–water partition coefficient (Wildman–Crippen LogP) is 4.94. The molecule has 1 amide bonds. The number of benzene rings is 2. The molecule has 29 heavy (non-hydrogen) atoms. The second kappa shape index (κ2) is 8.39. The minimum Gasteiger partial charge on any atom is -0.493 e. The van der Waals surface area contributed by atoms with Crippen molar-refractivity contribution in [2.24, 2.45) is 0 Å². The molecule has 1 N–H and O–H groups in total. The lowest BCUT2D eigenvalue weighted by molar-refractivity contribution is 0.0523. The van der Waals surface area contributed by atoms with Crippen LogP contribution in [-0.4, -0.2) is 30.9 Å². The predicted molar refractivity (Wildman–Crippen MR) is 113 cm³/mol. The van der Waals surface area contributed by atoms with Crippen LogP contribution in [0.5, 0.6) is 11.5 Å². The Labute approximate surface area is 170 Å². The molecule has 1 aromatic heterocycles. The molecule has 0 atom stereocenters. The Kier molecular flexibility index (Phi) is 5.92. The topological polar surface area (TPSA) is 69.7 Å². The summed E-state index contributed by atoms with van der Waals surface area (Å²) in [4.78, 5) is 16.3. The molecule has 0 unspecified atom stereocenters. The van der Waals surface area contributed by atoms with Crippen LogP contribution in [0, 0.1) is 0 Å². The molecule has 6 nitrogen and oxygen atoms in total. The lowest BCUT2D eigenvalue weighted by atomic mass is 10.00. The summed E-state index contributed by atoms with van der Waals surface area (Å²) in [6, 6.07) is 13.8. The number of methoxy groups -OCH3 is 2. The van der Waals surface area contributed by atoms with Crippen molar-refractivity contribution in [3.63, 3.8) is 0 Å². The number of carbonyl (C=O) groups is 1. The van der Waals surface area contributed by atoms with Crippen molar-refractivity contribution in [2.75, 3.05) is 14.2 Å². The molecule has 3 rings (SSSR count). The van der Waals surface area contributed by atoms with E-state index in [2.05, 4.69) is 10.3 Å². The highest BCUT2D eigenvalue weighted by atomic mass is 16.6. The fourth-order valence-corrected chi connectivity index (χ4v) is 3.01. The van der Waals surface area contributed by atoms with Gasteiger partial charge in [0.15, 0.2) is 11.5 Å². The molecular weight excluding hydrogens is 368 g/mol. The fourth-order valence-electron chi connectivity index (χ4n) is 3.01. The molecule has 0 aliphatic heterocycles. The van der Waals surface area contributed by atoms with Gasteiger partial charge < -0.3 is 19.5 Å². The fraction of sp³-hybridized carbons (Fsp3) is 0.304. The van der Waals surface area contributed by atoms with Crippen molar-refractivity contribution in [3.8, 4) is 22.6 Å². The number of nitrogens with one attached hydrogen (secondary N) is 1. The van der Waals surface area contributed by atoms with Crippen molar-refractivity contribution >= 4 is 17.0 Å². The number of hydrogen-bond acceptors (Lipinski definition) is 5. The molecule has 0 spiro atoms. The lowest BCUT2D eigenvalue weighted by Crippen LogP contribution is -2.32. The van der Waals surface area contributed by atoms with Crippen LogP contribution in [0.4, 0.5) is 4.79 Å². The Morgan fingerprint density at radius 2 is 1.66 bits per heavy atom. The second-order valence-corrected chi connectivity index (χ2v) is 7.64. The van der Waals surface area contributed by atoms with Gasteiger partial charge in [0.25, 0.3) is 0 Å². The van der Waals surface area contributed by atoms with Crippen LogP contribution in [0.1, 0.15) is 26.3 Å². The average Bonchev–Trinajstić information content (AvgIpc) is 2.70. The van der Waals surface area contributed by atoms with E-state index in [0.29, 0.717) is 18.0 Å². The van der Waals surface area contributed by atoms with Crippen molar-refractivity contribution in [3.05, 3.63) is 54.2 Å². The zero-order valence-electron chi connectivity index (χ0n) is 17.4. The van der Waals surface area contributed by atoms with Gasteiger partial charge in [0.1, 0.15) is 5.60 Å². The molecule has 0 aliphatic carbocycles. The third-order valence-corrected chi connectivity index (χ3v) is 4.35. The van der Waals surface area contributed by atoms with Gasteiger partial charge in [0, 0.05) is 24.2 Å². The summed E-state index contributed by atoms with van der Waals surface area (Å²) in [7, 11) is 3.23. The van der Waals surface area contributed by atoms with Gasteiger partial charge in [-0.05, 0) is 49.6 Å².